The monoisotopic (exact) mass is 299 g/mol. The van der Waals surface area contributed by atoms with Crippen molar-refractivity contribution in [3.05, 3.63) is 33.1 Å². The number of anilines is 1. The molecular formula is C13H15ClFN3O2. The van der Waals surface area contributed by atoms with Crippen LogP contribution in [0.4, 0.5) is 15.8 Å². The zero-order valence-corrected chi connectivity index (χ0v) is 11.6. The maximum absolute atomic E-state index is 13.4. The molecule has 3 rings (SSSR count). The summed E-state index contributed by atoms with van der Waals surface area (Å²) >= 11 is 5.79. The highest BCUT2D eigenvalue weighted by molar-refractivity contribution is 6.31. The van der Waals surface area contributed by atoms with Crippen molar-refractivity contribution in [1.82, 2.24) is 5.32 Å². The van der Waals surface area contributed by atoms with E-state index in [1.54, 1.807) is 0 Å². The molecule has 2 heterocycles. The fraction of sp³-hybridized carbons (Fsp3) is 0.538. The van der Waals surface area contributed by atoms with Gasteiger partial charge >= 0.3 is 0 Å². The molecule has 0 saturated carbocycles. The van der Waals surface area contributed by atoms with Crippen LogP contribution in [0.15, 0.2) is 12.1 Å². The third kappa shape index (κ3) is 2.45. The standard InChI is InChI=1S/C13H15ClFN3O2/c14-10-5-12(13(18(19)20)6-11(10)15)17-4-3-8-1-2-9(7-17)16-8/h5-6,8-9,16H,1-4,7H2. The van der Waals surface area contributed by atoms with Crippen molar-refractivity contribution in [2.45, 2.75) is 31.3 Å². The first-order valence-corrected chi connectivity index (χ1v) is 7.07. The van der Waals surface area contributed by atoms with Gasteiger partial charge in [-0.3, -0.25) is 10.1 Å². The van der Waals surface area contributed by atoms with Gasteiger partial charge in [0.05, 0.1) is 16.0 Å². The molecule has 2 saturated heterocycles. The summed E-state index contributed by atoms with van der Waals surface area (Å²) in [5.41, 5.74) is 0.195. The third-order valence-electron chi connectivity index (χ3n) is 4.08. The van der Waals surface area contributed by atoms with Gasteiger partial charge in [-0.05, 0) is 25.3 Å². The van der Waals surface area contributed by atoms with Crippen molar-refractivity contribution in [2.75, 3.05) is 18.0 Å². The van der Waals surface area contributed by atoms with Crippen molar-refractivity contribution < 1.29 is 9.31 Å². The Morgan fingerprint density at radius 1 is 1.35 bits per heavy atom. The van der Waals surface area contributed by atoms with Crippen LogP contribution < -0.4 is 10.2 Å². The summed E-state index contributed by atoms with van der Waals surface area (Å²) in [4.78, 5) is 12.5. The van der Waals surface area contributed by atoms with E-state index in [1.165, 1.54) is 6.07 Å². The van der Waals surface area contributed by atoms with Crippen LogP contribution in [0.3, 0.4) is 0 Å². The van der Waals surface area contributed by atoms with Crippen LogP contribution in [-0.2, 0) is 0 Å². The highest BCUT2D eigenvalue weighted by atomic mass is 35.5. The average molecular weight is 300 g/mol. The van der Waals surface area contributed by atoms with Gasteiger partial charge in [-0.2, -0.15) is 0 Å². The van der Waals surface area contributed by atoms with E-state index in [0.29, 0.717) is 24.3 Å². The van der Waals surface area contributed by atoms with Crippen LogP contribution in [0.5, 0.6) is 0 Å². The molecule has 5 nitrogen and oxygen atoms in total. The average Bonchev–Trinajstić information content (AvgIpc) is 2.72. The zero-order valence-electron chi connectivity index (χ0n) is 10.8. The molecule has 2 aliphatic heterocycles. The van der Waals surface area contributed by atoms with Crippen molar-refractivity contribution >= 4 is 23.0 Å². The maximum atomic E-state index is 13.4. The van der Waals surface area contributed by atoms with E-state index < -0.39 is 10.7 Å². The first-order chi connectivity index (χ1) is 9.54. The number of nitrogens with one attached hydrogen (secondary N) is 1. The maximum Gasteiger partial charge on any atom is 0.295 e. The number of nitro benzene ring substituents is 1. The van der Waals surface area contributed by atoms with E-state index in [2.05, 4.69) is 5.32 Å². The van der Waals surface area contributed by atoms with Crippen LogP contribution in [0.25, 0.3) is 0 Å². The lowest BCUT2D eigenvalue weighted by molar-refractivity contribution is -0.384. The summed E-state index contributed by atoms with van der Waals surface area (Å²) in [5, 5.41) is 14.6. The van der Waals surface area contributed by atoms with Crippen LogP contribution in [0.2, 0.25) is 5.02 Å². The van der Waals surface area contributed by atoms with Crippen LogP contribution in [0, 0.1) is 15.9 Å². The molecule has 108 valence electrons. The third-order valence-corrected chi connectivity index (χ3v) is 4.37. The molecule has 0 spiro atoms. The summed E-state index contributed by atoms with van der Waals surface area (Å²) in [6.07, 6.45) is 3.16. The molecule has 7 heteroatoms. The minimum atomic E-state index is -0.753. The van der Waals surface area contributed by atoms with Gasteiger partial charge in [-0.15, -0.1) is 0 Å². The van der Waals surface area contributed by atoms with Gasteiger partial charge < -0.3 is 10.2 Å². The zero-order chi connectivity index (χ0) is 14.3. The summed E-state index contributed by atoms with van der Waals surface area (Å²) in [7, 11) is 0. The van der Waals surface area contributed by atoms with Crippen LogP contribution in [-0.4, -0.2) is 30.1 Å². The summed E-state index contributed by atoms with van der Waals surface area (Å²) < 4.78 is 13.4. The second-order valence-corrected chi connectivity index (χ2v) is 5.79. The number of nitro groups is 1. The van der Waals surface area contributed by atoms with Crippen molar-refractivity contribution in [3.63, 3.8) is 0 Å². The summed E-state index contributed by atoms with van der Waals surface area (Å²) in [6.45, 7) is 1.41. The lowest BCUT2D eigenvalue weighted by Crippen LogP contribution is -2.35. The predicted octanol–water partition coefficient (Wildman–Crippen LogP) is 2.72. The first kappa shape index (κ1) is 13.6. The van der Waals surface area contributed by atoms with E-state index in [-0.39, 0.29) is 10.7 Å². The molecule has 0 radical (unpaired) electrons. The van der Waals surface area contributed by atoms with Crippen LogP contribution >= 0.6 is 11.6 Å². The highest BCUT2D eigenvalue weighted by Gasteiger charge is 2.32. The summed E-state index contributed by atoms with van der Waals surface area (Å²) in [5.74, 6) is -0.753. The van der Waals surface area contributed by atoms with Gasteiger partial charge in [0.25, 0.3) is 5.69 Å². The van der Waals surface area contributed by atoms with Gasteiger partial charge in [0.2, 0.25) is 0 Å². The largest absolute Gasteiger partial charge is 0.364 e. The number of nitrogens with zero attached hydrogens (tertiary/aromatic N) is 2. The van der Waals surface area contributed by atoms with Gasteiger partial charge in [0.15, 0.2) is 0 Å². The van der Waals surface area contributed by atoms with Crippen molar-refractivity contribution in [2.24, 2.45) is 0 Å². The number of benzene rings is 1. The van der Waals surface area contributed by atoms with E-state index in [9.17, 15) is 14.5 Å². The number of hydrogen-bond acceptors (Lipinski definition) is 4. The molecule has 2 fully saturated rings. The quantitative estimate of drug-likeness (QED) is 0.674. The Kier molecular flexibility index (Phi) is 3.52. The summed E-state index contributed by atoms with van der Waals surface area (Å²) in [6, 6.07) is 3.10. The molecule has 0 aromatic heterocycles. The smallest absolute Gasteiger partial charge is 0.295 e. The molecule has 0 amide bonds. The predicted molar refractivity (Wildman–Crippen MR) is 74.8 cm³/mol. The Morgan fingerprint density at radius 3 is 2.85 bits per heavy atom. The molecule has 2 unspecified atom stereocenters. The molecule has 2 bridgehead atoms. The number of hydrogen-bond donors (Lipinski definition) is 1. The van der Waals surface area contributed by atoms with Gasteiger partial charge in [-0.25, -0.2) is 4.39 Å². The van der Waals surface area contributed by atoms with Gasteiger partial charge in [-0.1, -0.05) is 11.6 Å². The van der Waals surface area contributed by atoms with Crippen LogP contribution in [0.1, 0.15) is 19.3 Å². The molecule has 2 aliphatic rings. The molecule has 1 aromatic carbocycles. The first-order valence-electron chi connectivity index (χ1n) is 6.69. The second-order valence-electron chi connectivity index (χ2n) is 5.38. The van der Waals surface area contributed by atoms with Crippen molar-refractivity contribution in [1.29, 1.82) is 0 Å². The molecule has 1 N–H and O–H groups in total. The fourth-order valence-corrected chi connectivity index (χ4v) is 3.25. The molecule has 2 atom stereocenters. The van der Waals surface area contributed by atoms with E-state index in [4.69, 9.17) is 11.6 Å². The minimum absolute atomic E-state index is 0.0760. The van der Waals surface area contributed by atoms with Crippen molar-refractivity contribution in [3.8, 4) is 0 Å². The normalized spacial score (nSPS) is 25.6. The second kappa shape index (κ2) is 5.18. The lowest BCUT2D eigenvalue weighted by atomic mass is 10.1. The topological polar surface area (TPSA) is 58.4 Å². The van der Waals surface area contributed by atoms with Gasteiger partial charge in [0.1, 0.15) is 11.5 Å². The fourth-order valence-electron chi connectivity index (χ4n) is 3.09. The number of fused-ring (bicyclic) bond motifs is 2. The highest BCUT2D eigenvalue weighted by Crippen LogP contribution is 2.35. The molecule has 0 aliphatic carbocycles. The molecule has 1 aromatic rings. The van der Waals surface area contributed by atoms with Gasteiger partial charge in [0, 0.05) is 25.2 Å². The Labute approximate surface area is 120 Å². The Morgan fingerprint density at radius 2 is 2.10 bits per heavy atom. The molecular weight excluding hydrogens is 285 g/mol. The Bertz CT molecular complexity index is 555. The minimum Gasteiger partial charge on any atom is -0.364 e. The number of halogens is 2. The molecule has 20 heavy (non-hydrogen) atoms. The van der Waals surface area contributed by atoms with E-state index in [0.717, 1.165) is 31.9 Å². The van der Waals surface area contributed by atoms with E-state index >= 15 is 0 Å². The number of rotatable bonds is 2. The SMILES string of the molecule is O=[N+]([O-])c1cc(F)c(Cl)cc1N1CCC2CCC(C1)N2. The lowest BCUT2D eigenvalue weighted by Gasteiger charge is -2.26. The van der Waals surface area contributed by atoms with E-state index in [1.807, 2.05) is 4.90 Å². The Balaban J connectivity index is 1.96. The Hall–Kier alpha value is -1.40.